The molecule has 0 bridgehead atoms. The zero-order valence-electron chi connectivity index (χ0n) is 12.2. The third-order valence-corrected chi connectivity index (χ3v) is 2.05. The van der Waals surface area contributed by atoms with Crippen LogP contribution in [0.5, 0.6) is 0 Å². The van der Waals surface area contributed by atoms with Crippen molar-refractivity contribution < 1.29 is 9.90 Å². The summed E-state index contributed by atoms with van der Waals surface area (Å²) in [5, 5.41) is 8.55. The molecular formula is C13H31NO2. The van der Waals surface area contributed by atoms with Gasteiger partial charge in [0.25, 0.3) is 0 Å². The Kier molecular flexibility index (Phi) is 21.5. The van der Waals surface area contributed by atoms with Crippen molar-refractivity contribution in [3.05, 3.63) is 0 Å². The predicted molar refractivity (Wildman–Crippen MR) is 72.0 cm³/mol. The summed E-state index contributed by atoms with van der Waals surface area (Å²) >= 11 is 0. The predicted octanol–water partition coefficient (Wildman–Crippen LogP) is 4.47. The summed E-state index contributed by atoms with van der Waals surface area (Å²) in [6.45, 7) is 15.6. The molecular weight excluding hydrogens is 202 g/mol. The molecule has 0 aromatic carbocycles. The standard InChI is InChI=1S/C7H13NO2.3C2H6/c1-6-2-4-8(5-3-6)7(9)10;3*1-2/h6H,2-5H2,1H3,(H,9,10);3*1-2H3. The van der Waals surface area contributed by atoms with Gasteiger partial charge in [0.1, 0.15) is 0 Å². The van der Waals surface area contributed by atoms with E-state index in [0.717, 1.165) is 25.9 Å². The smallest absolute Gasteiger partial charge is 0.407 e. The lowest BCUT2D eigenvalue weighted by molar-refractivity contribution is 0.127. The van der Waals surface area contributed by atoms with E-state index in [4.69, 9.17) is 5.11 Å². The molecule has 0 aromatic rings. The zero-order valence-corrected chi connectivity index (χ0v) is 12.2. The van der Waals surface area contributed by atoms with Crippen molar-refractivity contribution in [1.82, 2.24) is 4.90 Å². The molecule has 1 heterocycles. The fraction of sp³-hybridized carbons (Fsp3) is 0.923. The van der Waals surface area contributed by atoms with Gasteiger partial charge in [0.2, 0.25) is 0 Å². The van der Waals surface area contributed by atoms with Gasteiger partial charge in [-0.05, 0) is 18.8 Å². The van der Waals surface area contributed by atoms with E-state index in [1.165, 1.54) is 4.90 Å². The number of hydrogen-bond donors (Lipinski definition) is 1. The van der Waals surface area contributed by atoms with Gasteiger partial charge in [-0.2, -0.15) is 0 Å². The highest BCUT2D eigenvalue weighted by Crippen LogP contribution is 2.15. The van der Waals surface area contributed by atoms with E-state index in [0.29, 0.717) is 5.92 Å². The molecule has 1 aliphatic heterocycles. The molecule has 3 heteroatoms. The van der Waals surface area contributed by atoms with Crippen LogP contribution in [-0.2, 0) is 0 Å². The Bertz CT molecular complexity index is 130. The van der Waals surface area contributed by atoms with Crippen LogP contribution in [0.25, 0.3) is 0 Å². The lowest BCUT2D eigenvalue weighted by Gasteiger charge is -2.27. The first-order valence-electron chi connectivity index (χ1n) is 6.68. The quantitative estimate of drug-likeness (QED) is 0.670. The van der Waals surface area contributed by atoms with Crippen LogP contribution in [-0.4, -0.2) is 29.2 Å². The average molecular weight is 233 g/mol. The zero-order chi connectivity index (χ0) is 13.6. The lowest BCUT2D eigenvalue weighted by atomic mass is 10.00. The average Bonchev–Trinajstić information content (AvgIpc) is 2.37. The van der Waals surface area contributed by atoms with Gasteiger partial charge in [0.05, 0.1) is 0 Å². The van der Waals surface area contributed by atoms with Gasteiger partial charge in [0.15, 0.2) is 0 Å². The number of amides is 1. The molecule has 1 rings (SSSR count). The maximum Gasteiger partial charge on any atom is 0.407 e. The summed E-state index contributed by atoms with van der Waals surface area (Å²) in [5.74, 6) is 0.704. The highest BCUT2D eigenvalue weighted by molar-refractivity contribution is 5.64. The van der Waals surface area contributed by atoms with Crippen molar-refractivity contribution in [3.63, 3.8) is 0 Å². The van der Waals surface area contributed by atoms with Crippen LogP contribution in [0.4, 0.5) is 4.79 Å². The lowest BCUT2D eigenvalue weighted by Crippen LogP contribution is -2.36. The maximum atomic E-state index is 10.4. The molecule has 0 radical (unpaired) electrons. The minimum absolute atomic E-state index is 0.704. The van der Waals surface area contributed by atoms with Gasteiger partial charge in [-0.25, -0.2) is 4.79 Å². The Balaban J connectivity index is -0.000000245. The second kappa shape index (κ2) is 16.7. The van der Waals surface area contributed by atoms with Gasteiger partial charge in [-0.1, -0.05) is 48.5 Å². The second-order valence-electron chi connectivity index (χ2n) is 2.95. The van der Waals surface area contributed by atoms with Crippen LogP contribution >= 0.6 is 0 Å². The Morgan fingerprint density at radius 1 is 1.00 bits per heavy atom. The van der Waals surface area contributed by atoms with Crippen molar-refractivity contribution in [3.8, 4) is 0 Å². The molecule has 0 spiro atoms. The summed E-state index contributed by atoms with van der Waals surface area (Å²) in [7, 11) is 0. The fourth-order valence-corrected chi connectivity index (χ4v) is 1.20. The molecule has 0 atom stereocenters. The first-order chi connectivity index (χ1) is 7.70. The first kappa shape index (κ1) is 20.7. The number of hydrogen-bond acceptors (Lipinski definition) is 1. The number of rotatable bonds is 0. The first-order valence-corrected chi connectivity index (χ1v) is 6.68. The van der Waals surface area contributed by atoms with Gasteiger partial charge in [0, 0.05) is 13.1 Å². The summed E-state index contributed by atoms with van der Waals surface area (Å²) in [6, 6.07) is 0. The monoisotopic (exact) mass is 233 g/mol. The number of carboxylic acid groups (broad SMARTS) is 1. The number of carbonyl (C=O) groups is 1. The summed E-state index contributed by atoms with van der Waals surface area (Å²) in [5.41, 5.74) is 0. The van der Waals surface area contributed by atoms with Crippen LogP contribution in [0, 0.1) is 5.92 Å². The van der Waals surface area contributed by atoms with Crippen molar-refractivity contribution in [2.24, 2.45) is 5.92 Å². The maximum absolute atomic E-state index is 10.4. The Labute approximate surface area is 102 Å². The van der Waals surface area contributed by atoms with Crippen molar-refractivity contribution in [1.29, 1.82) is 0 Å². The molecule has 0 unspecified atom stereocenters. The molecule has 0 aliphatic carbocycles. The number of piperidine rings is 1. The molecule has 16 heavy (non-hydrogen) atoms. The van der Waals surface area contributed by atoms with Crippen molar-refractivity contribution in [2.75, 3.05) is 13.1 Å². The van der Waals surface area contributed by atoms with E-state index >= 15 is 0 Å². The highest BCUT2D eigenvalue weighted by Gasteiger charge is 2.18. The van der Waals surface area contributed by atoms with E-state index < -0.39 is 6.09 Å². The minimum Gasteiger partial charge on any atom is -0.465 e. The Morgan fingerprint density at radius 2 is 1.31 bits per heavy atom. The third kappa shape index (κ3) is 11.3. The van der Waals surface area contributed by atoms with E-state index in [1.807, 2.05) is 41.5 Å². The molecule has 1 amide bonds. The SMILES string of the molecule is CC.CC.CC.CC1CCN(C(=O)O)CC1. The largest absolute Gasteiger partial charge is 0.465 e. The molecule has 1 saturated heterocycles. The van der Waals surface area contributed by atoms with Crippen molar-refractivity contribution in [2.45, 2.75) is 61.3 Å². The van der Waals surface area contributed by atoms with Gasteiger partial charge in [-0.15, -0.1) is 0 Å². The molecule has 100 valence electrons. The van der Waals surface area contributed by atoms with Crippen LogP contribution < -0.4 is 0 Å². The number of likely N-dealkylation sites (tertiary alicyclic amines) is 1. The molecule has 0 saturated carbocycles. The Morgan fingerprint density at radius 3 is 1.56 bits per heavy atom. The summed E-state index contributed by atoms with van der Waals surface area (Å²) in [4.78, 5) is 11.9. The molecule has 0 aromatic heterocycles. The second-order valence-corrected chi connectivity index (χ2v) is 2.95. The molecule has 1 fully saturated rings. The van der Waals surface area contributed by atoms with Crippen molar-refractivity contribution >= 4 is 6.09 Å². The van der Waals surface area contributed by atoms with Crippen LogP contribution in [0.3, 0.4) is 0 Å². The topological polar surface area (TPSA) is 40.5 Å². The van der Waals surface area contributed by atoms with E-state index in [2.05, 4.69) is 6.92 Å². The van der Waals surface area contributed by atoms with Gasteiger partial charge >= 0.3 is 6.09 Å². The highest BCUT2D eigenvalue weighted by atomic mass is 16.4. The summed E-state index contributed by atoms with van der Waals surface area (Å²) < 4.78 is 0. The number of nitrogens with zero attached hydrogens (tertiary/aromatic N) is 1. The Hall–Kier alpha value is -0.730. The van der Waals surface area contributed by atoms with Gasteiger partial charge in [-0.3, -0.25) is 0 Å². The third-order valence-electron chi connectivity index (χ3n) is 2.05. The van der Waals surface area contributed by atoms with Crippen LogP contribution in [0.2, 0.25) is 0 Å². The molecule has 1 N–H and O–H groups in total. The fourth-order valence-electron chi connectivity index (χ4n) is 1.20. The normalized spacial score (nSPS) is 14.3. The van der Waals surface area contributed by atoms with E-state index in [9.17, 15) is 4.79 Å². The minimum atomic E-state index is -0.771. The van der Waals surface area contributed by atoms with Crippen LogP contribution in [0.15, 0.2) is 0 Å². The summed E-state index contributed by atoms with van der Waals surface area (Å²) in [6.07, 6.45) is 1.27. The van der Waals surface area contributed by atoms with Gasteiger partial charge < -0.3 is 10.0 Å². The molecule has 3 nitrogen and oxygen atoms in total. The van der Waals surface area contributed by atoms with Crippen LogP contribution in [0.1, 0.15) is 61.3 Å². The van der Waals surface area contributed by atoms with E-state index in [-0.39, 0.29) is 0 Å². The molecule has 1 aliphatic rings. The van der Waals surface area contributed by atoms with E-state index in [1.54, 1.807) is 0 Å².